The summed E-state index contributed by atoms with van der Waals surface area (Å²) in [7, 11) is 0. The standard InChI is InChI=1S/C10H8F2O6/c11-5-2-6(12)4(9(15)16)1-3(5)7(13)8(14)10(17)18/h1-2,7-8,13-14H,(H,15,16)(H,17,18). The number of aliphatic hydroxyl groups is 2. The van der Waals surface area contributed by atoms with Crippen LogP contribution in [0.15, 0.2) is 12.1 Å². The van der Waals surface area contributed by atoms with Crippen LogP contribution in [-0.2, 0) is 4.79 Å². The maximum Gasteiger partial charge on any atom is 0.338 e. The van der Waals surface area contributed by atoms with Crippen molar-refractivity contribution in [2.75, 3.05) is 0 Å². The van der Waals surface area contributed by atoms with E-state index in [2.05, 4.69) is 0 Å². The lowest BCUT2D eigenvalue weighted by Crippen LogP contribution is -2.28. The van der Waals surface area contributed by atoms with Crippen LogP contribution >= 0.6 is 0 Å². The van der Waals surface area contributed by atoms with E-state index in [9.17, 15) is 23.5 Å². The molecule has 8 heteroatoms. The van der Waals surface area contributed by atoms with E-state index in [1.165, 1.54) is 0 Å². The lowest BCUT2D eigenvalue weighted by molar-refractivity contribution is -0.153. The average Bonchev–Trinajstić information content (AvgIpc) is 2.26. The van der Waals surface area contributed by atoms with Gasteiger partial charge in [-0.2, -0.15) is 0 Å². The van der Waals surface area contributed by atoms with Gasteiger partial charge in [-0.25, -0.2) is 18.4 Å². The van der Waals surface area contributed by atoms with Crippen molar-refractivity contribution in [3.8, 4) is 0 Å². The van der Waals surface area contributed by atoms with Crippen molar-refractivity contribution >= 4 is 11.9 Å². The summed E-state index contributed by atoms with van der Waals surface area (Å²) in [5.41, 5.74) is -1.76. The number of hydrogen-bond donors (Lipinski definition) is 4. The zero-order chi connectivity index (χ0) is 14.0. The highest BCUT2D eigenvalue weighted by atomic mass is 19.1. The molecule has 0 aliphatic carbocycles. The summed E-state index contributed by atoms with van der Waals surface area (Å²) < 4.78 is 26.3. The second kappa shape index (κ2) is 5.07. The average molecular weight is 262 g/mol. The van der Waals surface area contributed by atoms with Crippen molar-refractivity contribution < 1.29 is 38.8 Å². The highest BCUT2D eigenvalue weighted by Crippen LogP contribution is 2.24. The molecule has 0 aliphatic heterocycles. The van der Waals surface area contributed by atoms with Crippen LogP contribution in [0.1, 0.15) is 22.0 Å². The molecule has 0 spiro atoms. The zero-order valence-electron chi connectivity index (χ0n) is 8.67. The van der Waals surface area contributed by atoms with E-state index in [1.54, 1.807) is 0 Å². The van der Waals surface area contributed by atoms with Crippen molar-refractivity contribution in [1.82, 2.24) is 0 Å². The van der Waals surface area contributed by atoms with Crippen LogP contribution in [0.25, 0.3) is 0 Å². The van der Waals surface area contributed by atoms with Gasteiger partial charge in [0.15, 0.2) is 6.10 Å². The Kier molecular flexibility index (Phi) is 3.94. The quantitative estimate of drug-likeness (QED) is 0.613. The number of benzene rings is 1. The minimum atomic E-state index is -2.35. The Morgan fingerprint density at radius 2 is 1.61 bits per heavy atom. The van der Waals surface area contributed by atoms with Gasteiger partial charge < -0.3 is 20.4 Å². The van der Waals surface area contributed by atoms with Crippen molar-refractivity contribution in [2.24, 2.45) is 0 Å². The normalized spacial score (nSPS) is 14.0. The Balaban J connectivity index is 3.28. The summed E-state index contributed by atoms with van der Waals surface area (Å²) in [5, 5.41) is 35.4. The first kappa shape index (κ1) is 14.0. The Morgan fingerprint density at radius 3 is 2.06 bits per heavy atom. The van der Waals surface area contributed by atoms with Crippen LogP contribution in [-0.4, -0.2) is 38.5 Å². The van der Waals surface area contributed by atoms with Gasteiger partial charge in [0.25, 0.3) is 0 Å². The monoisotopic (exact) mass is 262 g/mol. The number of rotatable bonds is 4. The zero-order valence-corrected chi connectivity index (χ0v) is 8.67. The van der Waals surface area contributed by atoms with Gasteiger partial charge in [0.2, 0.25) is 0 Å². The fraction of sp³-hybridized carbons (Fsp3) is 0.200. The molecule has 0 amide bonds. The lowest BCUT2D eigenvalue weighted by atomic mass is 10.0. The van der Waals surface area contributed by atoms with E-state index >= 15 is 0 Å². The molecule has 1 aromatic rings. The number of carboxylic acid groups (broad SMARTS) is 2. The largest absolute Gasteiger partial charge is 0.479 e. The number of carboxylic acids is 2. The van der Waals surface area contributed by atoms with Gasteiger partial charge in [-0.1, -0.05) is 0 Å². The predicted molar refractivity (Wildman–Crippen MR) is 51.9 cm³/mol. The SMILES string of the molecule is O=C(O)c1cc(C(O)C(O)C(=O)O)c(F)cc1F. The fourth-order valence-corrected chi connectivity index (χ4v) is 1.26. The van der Waals surface area contributed by atoms with E-state index in [0.29, 0.717) is 6.07 Å². The summed E-state index contributed by atoms with van der Waals surface area (Å²) in [5.74, 6) is -6.28. The molecule has 1 aromatic carbocycles. The summed E-state index contributed by atoms with van der Waals surface area (Å²) >= 11 is 0. The van der Waals surface area contributed by atoms with Gasteiger partial charge in [-0.05, 0) is 6.07 Å². The third-order valence-corrected chi connectivity index (χ3v) is 2.19. The summed E-state index contributed by atoms with van der Waals surface area (Å²) in [6.45, 7) is 0. The number of aromatic carboxylic acids is 1. The van der Waals surface area contributed by atoms with Crippen molar-refractivity contribution in [1.29, 1.82) is 0 Å². The first-order valence-corrected chi connectivity index (χ1v) is 4.57. The molecule has 18 heavy (non-hydrogen) atoms. The minimum Gasteiger partial charge on any atom is -0.479 e. The second-order valence-corrected chi connectivity index (χ2v) is 3.39. The minimum absolute atomic E-state index is 0.191. The molecule has 2 atom stereocenters. The third-order valence-electron chi connectivity index (χ3n) is 2.19. The molecule has 98 valence electrons. The molecule has 0 heterocycles. The maximum atomic E-state index is 13.3. The molecule has 0 fully saturated rings. The predicted octanol–water partition coefficient (Wildman–Crippen LogP) is 0.142. The van der Waals surface area contributed by atoms with Gasteiger partial charge in [0, 0.05) is 11.6 Å². The topological polar surface area (TPSA) is 115 Å². The van der Waals surface area contributed by atoms with E-state index in [4.69, 9.17) is 15.3 Å². The number of aliphatic carboxylic acids is 1. The lowest BCUT2D eigenvalue weighted by Gasteiger charge is -2.15. The van der Waals surface area contributed by atoms with Crippen LogP contribution in [0.3, 0.4) is 0 Å². The van der Waals surface area contributed by atoms with Crippen molar-refractivity contribution in [3.63, 3.8) is 0 Å². The number of aliphatic hydroxyl groups excluding tert-OH is 2. The Bertz CT molecular complexity index is 501. The molecule has 0 aliphatic rings. The van der Waals surface area contributed by atoms with Gasteiger partial charge in [0.05, 0.1) is 5.56 Å². The molecule has 0 saturated heterocycles. The molecule has 2 unspecified atom stereocenters. The van der Waals surface area contributed by atoms with Gasteiger partial charge >= 0.3 is 11.9 Å². The van der Waals surface area contributed by atoms with Gasteiger partial charge in [0.1, 0.15) is 17.7 Å². The van der Waals surface area contributed by atoms with Gasteiger partial charge in [-0.3, -0.25) is 0 Å². The first-order chi connectivity index (χ1) is 8.25. The summed E-state index contributed by atoms with van der Waals surface area (Å²) in [6, 6.07) is 0.625. The Hall–Kier alpha value is -2.06. The maximum absolute atomic E-state index is 13.3. The summed E-state index contributed by atoms with van der Waals surface area (Å²) in [6.07, 6.45) is -4.56. The van der Waals surface area contributed by atoms with Crippen LogP contribution < -0.4 is 0 Å². The molecule has 0 aromatic heterocycles. The Labute approximate surface area is 98.7 Å². The molecule has 0 saturated carbocycles. The Morgan fingerprint density at radius 1 is 1.06 bits per heavy atom. The van der Waals surface area contributed by atoms with Crippen molar-refractivity contribution in [2.45, 2.75) is 12.2 Å². The van der Waals surface area contributed by atoms with Crippen LogP contribution in [0.2, 0.25) is 0 Å². The molecule has 0 bridgehead atoms. The van der Waals surface area contributed by atoms with Crippen molar-refractivity contribution in [3.05, 3.63) is 34.9 Å². The molecular formula is C10H8F2O6. The molecular weight excluding hydrogens is 254 g/mol. The number of hydrogen-bond acceptors (Lipinski definition) is 4. The molecule has 6 nitrogen and oxygen atoms in total. The highest BCUT2D eigenvalue weighted by Gasteiger charge is 2.29. The van der Waals surface area contributed by atoms with Gasteiger partial charge in [-0.15, -0.1) is 0 Å². The third kappa shape index (κ3) is 2.60. The molecule has 0 radical (unpaired) electrons. The van der Waals surface area contributed by atoms with E-state index in [-0.39, 0.29) is 6.07 Å². The van der Waals surface area contributed by atoms with Crippen LogP contribution in [0.4, 0.5) is 8.78 Å². The molecule has 4 N–H and O–H groups in total. The highest BCUT2D eigenvalue weighted by molar-refractivity contribution is 5.88. The van der Waals surface area contributed by atoms with E-state index < -0.39 is 46.9 Å². The van der Waals surface area contributed by atoms with Crippen LogP contribution in [0, 0.1) is 11.6 Å². The fourth-order valence-electron chi connectivity index (χ4n) is 1.26. The molecule has 1 rings (SSSR count). The number of carbonyl (C=O) groups is 2. The van der Waals surface area contributed by atoms with Crippen LogP contribution in [0.5, 0.6) is 0 Å². The smallest absolute Gasteiger partial charge is 0.338 e. The second-order valence-electron chi connectivity index (χ2n) is 3.39. The number of halogens is 2. The van der Waals surface area contributed by atoms with E-state index in [0.717, 1.165) is 0 Å². The summed E-state index contributed by atoms with van der Waals surface area (Å²) in [4.78, 5) is 21.0. The first-order valence-electron chi connectivity index (χ1n) is 4.57. The van der Waals surface area contributed by atoms with E-state index in [1.807, 2.05) is 0 Å².